The molecule has 1 aromatic carbocycles. The first-order valence-electron chi connectivity index (χ1n) is 10.0. The third kappa shape index (κ3) is 8.42. The zero-order valence-electron chi connectivity index (χ0n) is 18.2. The first-order chi connectivity index (χ1) is 16.4. The monoisotopic (exact) mass is 508 g/mol. The highest BCUT2D eigenvalue weighted by Gasteiger charge is 2.36. The van der Waals surface area contributed by atoms with Crippen LogP contribution < -0.4 is 10.6 Å². The Bertz CT molecular complexity index is 1050. The van der Waals surface area contributed by atoms with Crippen molar-refractivity contribution >= 4 is 23.9 Å². The summed E-state index contributed by atoms with van der Waals surface area (Å²) >= 11 is 0. The van der Waals surface area contributed by atoms with Crippen LogP contribution in [0, 0.1) is 11.6 Å². The summed E-state index contributed by atoms with van der Waals surface area (Å²) in [5, 5.41) is 16.2. The van der Waals surface area contributed by atoms with E-state index in [-0.39, 0.29) is 31.4 Å². The van der Waals surface area contributed by atoms with Gasteiger partial charge in [0.15, 0.2) is 17.5 Å². The van der Waals surface area contributed by atoms with Crippen LogP contribution in [0.1, 0.15) is 30.6 Å². The van der Waals surface area contributed by atoms with Gasteiger partial charge in [-0.1, -0.05) is 17.3 Å². The molecule has 0 saturated carbocycles. The Kier molecular flexibility index (Phi) is 9.36. The molecule has 35 heavy (non-hydrogen) atoms. The number of hydrogen-bond donors (Lipinski definition) is 3. The lowest BCUT2D eigenvalue weighted by Gasteiger charge is -2.28. The summed E-state index contributed by atoms with van der Waals surface area (Å²) in [7, 11) is 1.30. The van der Waals surface area contributed by atoms with Gasteiger partial charge >= 0.3 is 24.3 Å². The summed E-state index contributed by atoms with van der Waals surface area (Å²) in [6.07, 6.45) is -6.09. The average Bonchev–Trinajstić information content (AvgIpc) is 3.25. The van der Waals surface area contributed by atoms with Crippen LogP contribution >= 0.6 is 0 Å². The molecule has 1 heterocycles. The minimum absolute atomic E-state index is 0.0695. The predicted octanol–water partition coefficient (Wildman–Crippen LogP) is 3.99. The smallest absolute Gasteiger partial charge is 0.452 e. The van der Waals surface area contributed by atoms with E-state index in [4.69, 9.17) is 9.84 Å². The van der Waals surface area contributed by atoms with Crippen LogP contribution in [0.2, 0.25) is 0 Å². The second kappa shape index (κ2) is 12.0. The zero-order chi connectivity index (χ0) is 26.2. The number of anilines is 1. The molecule has 3 amide bonds. The van der Waals surface area contributed by atoms with Gasteiger partial charge in [-0.25, -0.2) is 18.4 Å². The van der Waals surface area contributed by atoms with Gasteiger partial charge in [0.05, 0.1) is 6.04 Å². The SMILES string of the molecule is CN(C(=O)NCc1cccc(F)c1F)[C@@H](CCCC(=O)O)COC(=O)Nc1cc(C(F)(F)F)on1. The number of carbonyl (C=O) groups excluding carboxylic acids is 2. The van der Waals surface area contributed by atoms with E-state index in [0.717, 1.165) is 11.0 Å². The Hall–Kier alpha value is -3.91. The fraction of sp³-hybridized carbons (Fsp3) is 0.400. The quantitative estimate of drug-likeness (QED) is 0.413. The van der Waals surface area contributed by atoms with Crippen molar-refractivity contribution < 1.29 is 50.7 Å². The molecule has 10 nitrogen and oxygen atoms in total. The van der Waals surface area contributed by atoms with Gasteiger partial charge in [0.2, 0.25) is 5.76 Å². The Morgan fingerprint density at radius 3 is 2.60 bits per heavy atom. The van der Waals surface area contributed by atoms with Crippen LogP contribution in [0.5, 0.6) is 0 Å². The average molecular weight is 508 g/mol. The minimum Gasteiger partial charge on any atom is -0.481 e. The normalized spacial score (nSPS) is 12.1. The van der Waals surface area contributed by atoms with Gasteiger partial charge in [-0.15, -0.1) is 0 Å². The molecule has 0 unspecified atom stereocenters. The number of likely N-dealkylation sites (N-methyl/N-ethyl adjacent to an activating group) is 1. The molecule has 0 aliphatic carbocycles. The van der Waals surface area contributed by atoms with Gasteiger partial charge in [-0.05, 0) is 18.9 Å². The van der Waals surface area contributed by atoms with Crippen molar-refractivity contribution in [2.75, 3.05) is 19.0 Å². The first-order valence-corrected chi connectivity index (χ1v) is 10.0. The number of halogens is 5. The maximum atomic E-state index is 13.8. The molecule has 0 bridgehead atoms. The Morgan fingerprint density at radius 1 is 1.26 bits per heavy atom. The van der Waals surface area contributed by atoms with Crippen molar-refractivity contribution in [1.29, 1.82) is 0 Å². The van der Waals surface area contributed by atoms with E-state index in [1.165, 1.54) is 19.2 Å². The molecule has 15 heteroatoms. The van der Waals surface area contributed by atoms with Crippen LogP contribution in [0.3, 0.4) is 0 Å². The van der Waals surface area contributed by atoms with Gasteiger partial charge in [0.25, 0.3) is 0 Å². The van der Waals surface area contributed by atoms with E-state index in [1.54, 1.807) is 0 Å². The van der Waals surface area contributed by atoms with Crippen molar-refractivity contribution in [3.05, 3.63) is 47.2 Å². The molecule has 2 rings (SSSR count). The number of aliphatic carboxylic acids is 1. The van der Waals surface area contributed by atoms with Crippen LogP contribution in [-0.4, -0.2) is 53.0 Å². The number of nitrogens with one attached hydrogen (secondary N) is 2. The number of carboxylic acids is 1. The number of aromatic nitrogens is 1. The molecule has 0 aliphatic heterocycles. The van der Waals surface area contributed by atoms with Gasteiger partial charge in [0, 0.05) is 31.6 Å². The van der Waals surface area contributed by atoms with Crippen molar-refractivity contribution in [1.82, 2.24) is 15.4 Å². The summed E-state index contributed by atoms with van der Waals surface area (Å²) in [6.45, 7) is -0.822. The molecule has 1 atom stereocenters. The van der Waals surface area contributed by atoms with E-state index >= 15 is 0 Å². The van der Waals surface area contributed by atoms with Crippen LogP contribution in [0.4, 0.5) is 37.4 Å². The maximum Gasteiger partial charge on any atom is 0.452 e. The molecular weight excluding hydrogens is 487 g/mol. The summed E-state index contributed by atoms with van der Waals surface area (Å²) in [4.78, 5) is 36.3. The second-order valence-corrected chi connectivity index (χ2v) is 7.22. The van der Waals surface area contributed by atoms with Crippen molar-refractivity contribution in [2.45, 2.75) is 38.0 Å². The number of carbonyl (C=O) groups is 3. The summed E-state index contributed by atoms with van der Waals surface area (Å²) in [5.74, 6) is -5.32. The van der Waals surface area contributed by atoms with Gasteiger partial charge in [-0.3, -0.25) is 10.1 Å². The van der Waals surface area contributed by atoms with E-state index < -0.39 is 60.1 Å². The molecule has 3 N–H and O–H groups in total. The van der Waals surface area contributed by atoms with Crippen LogP contribution in [0.15, 0.2) is 28.8 Å². The van der Waals surface area contributed by atoms with Gasteiger partial charge in [-0.2, -0.15) is 13.2 Å². The molecule has 0 radical (unpaired) electrons. The summed E-state index contributed by atoms with van der Waals surface area (Å²) < 4.78 is 73.7. The number of urea groups is 1. The van der Waals surface area contributed by atoms with E-state index in [9.17, 15) is 36.3 Å². The molecule has 192 valence electrons. The Labute approximate surface area is 195 Å². The number of amides is 3. The lowest BCUT2D eigenvalue weighted by molar-refractivity contribution is -0.155. The number of ether oxygens (including phenoxy) is 1. The number of rotatable bonds is 10. The highest BCUT2D eigenvalue weighted by Crippen LogP contribution is 2.30. The summed E-state index contributed by atoms with van der Waals surface area (Å²) in [6, 6.07) is 2.26. The molecule has 0 fully saturated rings. The van der Waals surface area contributed by atoms with E-state index in [2.05, 4.69) is 15.0 Å². The fourth-order valence-corrected chi connectivity index (χ4v) is 2.80. The van der Waals surface area contributed by atoms with Gasteiger partial charge < -0.3 is 24.6 Å². The Balaban J connectivity index is 1.97. The number of benzene rings is 1. The topological polar surface area (TPSA) is 134 Å². The van der Waals surface area contributed by atoms with Gasteiger partial charge in [0.1, 0.15) is 6.61 Å². The first kappa shape index (κ1) is 27.3. The second-order valence-electron chi connectivity index (χ2n) is 7.22. The Morgan fingerprint density at radius 2 is 1.97 bits per heavy atom. The van der Waals surface area contributed by atoms with E-state index in [1.807, 2.05) is 5.32 Å². The largest absolute Gasteiger partial charge is 0.481 e. The number of alkyl halides is 3. The van der Waals surface area contributed by atoms with Crippen molar-refractivity contribution in [2.24, 2.45) is 0 Å². The van der Waals surface area contributed by atoms with E-state index in [0.29, 0.717) is 6.07 Å². The zero-order valence-corrected chi connectivity index (χ0v) is 18.2. The number of carboxylic acid groups (broad SMARTS) is 1. The molecular formula is C20H21F5N4O6. The van der Waals surface area contributed by atoms with Crippen molar-refractivity contribution in [3.63, 3.8) is 0 Å². The fourth-order valence-electron chi connectivity index (χ4n) is 2.80. The lowest BCUT2D eigenvalue weighted by atomic mass is 10.1. The number of nitrogens with zero attached hydrogens (tertiary/aromatic N) is 2. The van der Waals surface area contributed by atoms with Crippen LogP contribution in [0.25, 0.3) is 0 Å². The molecule has 1 aromatic heterocycles. The highest BCUT2D eigenvalue weighted by atomic mass is 19.4. The third-order valence-corrected chi connectivity index (χ3v) is 4.68. The molecule has 0 saturated heterocycles. The third-order valence-electron chi connectivity index (χ3n) is 4.68. The standard InChI is InChI=1S/C20H21F5N4O6/c1-29(18(32)26-9-11-4-2-6-13(21)17(11)22)12(5-3-7-16(30)31)10-34-19(33)27-15-8-14(35-28-15)20(23,24)25/h2,4,6,8,12H,3,5,7,9-10H2,1H3,(H,26,32)(H,30,31)(H,27,28,33)/t12-/m0/s1. The molecule has 2 aromatic rings. The summed E-state index contributed by atoms with van der Waals surface area (Å²) in [5.41, 5.74) is -0.115. The van der Waals surface area contributed by atoms with Crippen LogP contribution in [-0.2, 0) is 22.3 Å². The number of hydrogen-bond acceptors (Lipinski definition) is 6. The highest BCUT2D eigenvalue weighted by molar-refractivity contribution is 5.83. The lowest BCUT2D eigenvalue weighted by Crippen LogP contribution is -2.46. The predicted molar refractivity (Wildman–Crippen MR) is 108 cm³/mol. The minimum atomic E-state index is -4.81. The maximum absolute atomic E-state index is 13.8. The molecule has 0 aliphatic rings. The van der Waals surface area contributed by atoms with Crippen molar-refractivity contribution in [3.8, 4) is 0 Å². The molecule has 0 spiro atoms.